The predicted molar refractivity (Wildman–Crippen MR) is 58.8 cm³/mol. The summed E-state index contributed by atoms with van der Waals surface area (Å²) in [6.45, 7) is 2.17. The highest BCUT2D eigenvalue weighted by Gasteiger charge is 2.13. The lowest BCUT2D eigenvalue weighted by molar-refractivity contribution is 0.0769. The molecule has 2 N–H and O–H groups in total. The molecule has 0 aliphatic carbocycles. The minimum Gasteiger partial charge on any atom is -0.393 e. The number of hydrogen-bond acceptors (Lipinski definition) is 3. The number of carbonyl (C=O) groups excluding carboxylic acids is 1. The molecule has 0 aromatic carbocycles. The third-order valence-corrected chi connectivity index (χ3v) is 2.28. The minimum atomic E-state index is -0.420. The molecule has 1 heterocycles. The van der Waals surface area contributed by atoms with Crippen LogP contribution in [0.2, 0.25) is 0 Å². The van der Waals surface area contributed by atoms with E-state index in [9.17, 15) is 4.79 Å². The molecule has 5 nitrogen and oxygen atoms in total. The molecule has 0 aliphatic rings. The van der Waals surface area contributed by atoms with Crippen molar-refractivity contribution in [1.29, 1.82) is 5.26 Å². The molecule has 0 aliphatic heterocycles. The zero-order valence-electron chi connectivity index (χ0n) is 9.40. The van der Waals surface area contributed by atoms with Crippen LogP contribution < -0.4 is 0 Å². The van der Waals surface area contributed by atoms with Crippen LogP contribution in [0.5, 0.6) is 0 Å². The van der Waals surface area contributed by atoms with Crippen molar-refractivity contribution < 1.29 is 9.90 Å². The highest BCUT2D eigenvalue weighted by molar-refractivity contribution is 5.94. The van der Waals surface area contributed by atoms with E-state index in [0.717, 1.165) is 0 Å². The number of amides is 1. The van der Waals surface area contributed by atoms with Crippen LogP contribution in [-0.4, -0.2) is 40.6 Å². The van der Waals surface area contributed by atoms with Gasteiger partial charge >= 0.3 is 0 Å². The summed E-state index contributed by atoms with van der Waals surface area (Å²) in [5, 5.41) is 17.7. The van der Waals surface area contributed by atoms with E-state index in [4.69, 9.17) is 10.4 Å². The lowest BCUT2D eigenvalue weighted by Gasteiger charge is -2.17. The number of H-pyrrole nitrogens is 1. The average Bonchev–Trinajstić information content (AvgIpc) is 2.73. The van der Waals surface area contributed by atoms with Gasteiger partial charge in [0.05, 0.1) is 11.7 Å². The minimum absolute atomic E-state index is 0.154. The Balaban J connectivity index is 2.60. The summed E-state index contributed by atoms with van der Waals surface area (Å²) in [5.74, 6) is -0.154. The number of carbonyl (C=O) groups is 1. The fraction of sp³-hybridized carbons (Fsp3) is 0.455. The summed E-state index contributed by atoms with van der Waals surface area (Å²) in [4.78, 5) is 16.0. The van der Waals surface area contributed by atoms with E-state index in [2.05, 4.69) is 4.98 Å². The molecule has 1 aromatic rings. The normalized spacial score (nSPS) is 11.9. The zero-order valence-corrected chi connectivity index (χ0v) is 9.40. The van der Waals surface area contributed by atoms with Gasteiger partial charge < -0.3 is 15.0 Å². The molecule has 0 saturated heterocycles. The van der Waals surface area contributed by atoms with Crippen LogP contribution in [0, 0.1) is 11.3 Å². The van der Waals surface area contributed by atoms with Gasteiger partial charge in [-0.15, -0.1) is 0 Å². The second kappa shape index (κ2) is 5.33. The molecular formula is C11H15N3O2. The first kappa shape index (κ1) is 12.3. The first-order chi connectivity index (χ1) is 7.54. The molecule has 1 atom stereocenters. The lowest BCUT2D eigenvalue weighted by Crippen LogP contribution is -2.29. The molecule has 0 spiro atoms. The van der Waals surface area contributed by atoms with Crippen molar-refractivity contribution in [2.75, 3.05) is 13.6 Å². The molecule has 0 saturated carbocycles. The number of nitrogens with zero attached hydrogens (tertiary/aromatic N) is 2. The molecule has 1 aromatic heterocycles. The van der Waals surface area contributed by atoms with Crippen LogP contribution in [0.4, 0.5) is 0 Å². The number of aromatic nitrogens is 1. The van der Waals surface area contributed by atoms with Gasteiger partial charge in [0.15, 0.2) is 0 Å². The van der Waals surface area contributed by atoms with Crippen molar-refractivity contribution in [2.24, 2.45) is 0 Å². The fourth-order valence-corrected chi connectivity index (χ4v) is 1.28. The van der Waals surface area contributed by atoms with Gasteiger partial charge in [-0.25, -0.2) is 0 Å². The summed E-state index contributed by atoms with van der Waals surface area (Å²) in [6.07, 6.45) is 1.63. The van der Waals surface area contributed by atoms with E-state index < -0.39 is 6.10 Å². The monoisotopic (exact) mass is 221 g/mol. The van der Waals surface area contributed by atoms with Gasteiger partial charge in [0.1, 0.15) is 11.8 Å². The van der Waals surface area contributed by atoms with Crippen LogP contribution in [0.15, 0.2) is 12.3 Å². The summed E-state index contributed by atoms with van der Waals surface area (Å²) in [6, 6.07) is 3.44. The van der Waals surface area contributed by atoms with Gasteiger partial charge in [0.25, 0.3) is 5.91 Å². The maximum atomic E-state index is 11.8. The van der Waals surface area contributed by atoms with E-state index in [1.54, 1.807) is 14.0 Å². The Hall–Kier alpha value is -1.80. The van der Waals surface area contributed by atoms with Crippen molar-refractivity contribution in [1.82, 2.24) is 9.88 Å². The van der Waals surface area contributed by atoms with Crippen molar-refractivity contribution in [2.45, 2.75) is 19.4 Å². The fourth-order valence-electron chi connectivity index (χ4n) is 1.28. The zero-order chi connectivity index (χ0) is 12.1. The molecular weight excluding hydrogens is 206 g/mol. The Bertz CT molecular complexity index is 404. The van der Waals surface area contributed by atoms with Crippen molar-refractivity contribution in [3.05, 3.63) is 23.5 Å². The SMILES string of the molecule is CC(O)CCN(C)C(=O)c1c[nH]c(C#N)c1. The predicted octanol–water partition coefficient (Wildman–Crippen LogP) is 0.729. The first-order valence-electron chi connectivity index (χ1n) is 5.06. The molecule has 0 bridgehead atoms. The third-order valence-electron chi connectivity index (χ3n) is 2.28. The molecule has 1 amide bonds. The Labute approximate surface area is 94.3 Å². The molecule has 16 heavy (non-hydrogen) atoms. The van der Waals surface area contributed by atoms with E-state index in [1.165, 1.54) is 17.2 Å². The second-order valence-electron chi connectivity index (χ2n) is 3.78. The van der Waals surface area contributed by atoms with Crippen molar-refractivity contribution >= 4 is 5.91 Å². The summed E-state index contributed by atoms with van der Waals surface area (Å²) in [7, 11) is 1.67. The van der Waals surface area contributed by atoms with Crippen molar-refractivity contribution in [3.63, 3.8) is 0 Å². The Morgan fingerprint density at radius 2 is 2.44 bits per heavy atom. The standard InChI is InChI=1S/C11H15N3O2/c1-8(15)3-4-14(2)11(16)9-5-10(6-12)13-7-9/h5,7-8,13,15H,3-4H2,1-2H3. The first-order valence-corrected chi connectivity index (χ1v) is 5.06. The van der Waals surface area contributed by atoms with Crippen LogP contribution in [0.3, 0.4) is 0 Å². The summed E-state index contributed by atoms with van der Waals surface area (Å²) < 4.78 is 0. The molecule has 1 rings (SSSR count). The van der Waals surface area contributed by atoms with Crippen molar-refractivity contribution in [3.8, 4) is 6.07 Å². The summed E-state index contributed by atoms with van der Waals surface area (Å²) in [5.41, 5.74) is 0.830. The number of hydrogen-bond donors (Lipinski definition) is 2. The second-order valence-corrected chi connectivity index (χ2v) is 3.78. The van der Waals surface area contributed by atoms with Gasteiger partial charge in [0, 0.05) is 19.8 Å². The number of aliphatic hydroxyl groups is 1. The van der Waals surface area contributed by atoms with Crippen LogP contribution in [-0.2, 0) is 0 Å². The number of nitriles is 1. The molecule has 86 valence electrons. The van der Waals surface area contributed by atoms with Gasteiger partial charge in [-0.3, -0.25) is 4.79 Å². The lowest BCUT2D eigenvalue weighted by atomic mass is 10.2. The number of aromatic amines is 1. The molecule has 0 radical (unpaired) electrons. The molecule has 1 unspecified atom stereocenters. The Morgan fingerprint density at radius 3 is 2.94 bits per heavy atom. The van der Waals surface area contributed by atoms with E-state index >= 15 is 0 Å². The third kappa shape index (κ3) is 3.11. The Morgan fingerprint density at radius 1 is 1.75 bits per heavy atom. The maximum absolute atomic E-state index is 11.8. The topological polar surface area (TPSA) is 80.1 Å². The molecule has 5 heteroatoms. The van der Waals surface area contributed by atoms with Gasteiger partial charge in [-0.1, -0.05) is 0 Å². The largest absolute Gasteiger partial charge is 0.393 e. The average molecular weight is 221 g/mol. The number of aliphatic hydroxyl groups excluding tert-OH is 1. The number of rotatable bonds is 4. The van der Waals surface area contributed by atoms with Crippen LogP contribution in [0.1, 0.15) is 29.4 Å². The smallest absolute Gasteiger partial charge is 0.255 e. The quantitative estimate of drug-likeness (QED) is 0.786. The highest BCUT2D eigenvalue weighted by Crippen LogP contribution is 2.06. The van der Waals surface area contributed by atoms with Gasteiger partial charge in [-0.2, -0.15) is 5.26 Å². The van der Waals surface area contributed by atoms with E-state index in [-0.39, 0.29) is 5.91 Å². The highest BCUT2D eigenvalue weighted by atomic mass is 16.3. The van der Waals surface area contributed by atoms with E-state index in [0.29, 0.717) is 24.2 Å². The molecule has 0 fully saturated rings. The van der Waals surface area contributed by atoms with Gasteiger partial charge in [-0.05, 0) is 19.4 Å². The van der Waals surface area contributed by atoms with Crippen LogP contribution in [0.25, 0.3) is 0 Å². The summed E-state index contributed by atoms with van der Waals surface area (Å²) >= 11 is 0. The maximum Gasteiger partial charge on any atom is 0.255 e. The van der Waals surface area contributed by atoms with Gasteiger partial charge in [0.2, 0.25) is 0 Å². The van der Waals surface area contributed by atoms with E-state index in [1.807, 2.05) is 6.07 Å². The number of nitrogens with one attached hydrogen (secondary N) is 1. The van der Waals surface area contributed by atoms with Crippen LogP contribution >= 0.6 is 0 Å². The Kier molecular flexibility index (Phi) is 4.09.